The van der Waals surface area contributed by atoms with E-state index in [-0.39, 0.29) is 17.7 Å². The van der Waals surface area contributed by atoms with Gasteiger partial charge in [-0.25, -0.2) is 0 Å². The highest BCUT2D eigenvalue weighted by Gasteiger charge is 2.31. The van der Waals surface area contributed by atoms with Crippen molar-refractivity contribution in [3.63, 3.8) is 0 Å². The van der Waals surface area contributed by atoms with Gasteiger partial charge in [-0.2, -0.15) is 0 Å². The van der Waals surface area contributed by atoms with Crippen molar-refractivity contribution >= 4 is 11.8 Å². The zero-order chi connectivity index (χ0) is 12.4. The summed E-state index contributed by atoms with van der Waals surface area (Å²) in [4.78, 5) is 23.0. The number of amides is 2. The number of hydrogen-bond donors (Lipinski definition) is 2. The number of carbonyl (C=O) groups excluding carboxylic acids is 2. The Kier molecular flexibility index (Phi) is 3.69. The summed E-state index contributed by atoms with van der Waals surface area (Å²) >= 11 is 0. The van der Waals surface area contributed by atoms with Crippen LogP contribution in [0.5, 0.6) is 0 Å². The molecule has 1 aliphatic carbocycles. The van der Waals surface area contributed by atoms with Crippen LogP contribution in [0.3, 0.4) is 0 Å². The molecule has 2 rings (SSSR count). The molecule has 17 heavy (non-hydrogen) atoms. The highest BCUT2D eigenvalue weighted by molar-refractivity contribution is 5.89. The fourth-order valence-electron chi connectivity index (χ4n) is 2.79. The molecular formula is C13H22N2O2. The Balaban J connectivity index is 1.81. The van der Waals surface area contributed by atoms with Crippen molar-refractivity contribution in [2.75, 3.05) is 6.54 Å². The summed E-state index contributed by atoms with van der Waals surface area (Å²) in [5.41, 5.74) is 0. The number of nitrogens with one attached hydrogen (secondary N) is 2. The van der Waals surface area contributed by atoms with E-state index in [0.29, 0.717) is 24.9 Å². The van der Waals surface area contributed by atoms with Gasteiger partial charge >= 0.3 is 0 Å². The molecule has 0 bridgehead atoms. The standard InChI is InChI=1S/C13H22N2O2/c1-8-3-4-11(5-9(8)2)15-13(17)10-6-12(16)14-7-10/h8-11H,3-7H2,1-2H3,(H,14,16)(H,15,17). The molecule has 0 aromatic rings. The molecule has 4 atom stereocenters. The molecular weight excluding hydrogens is 216 g/mol. The third-order valence-electron chi connectivity index (χ3n) is 4.29. The molecule has 2 fully saturated rings. The van der Waals surface area contributed by atoms with Crippen LogP contribution in [-0.2, 0) is 9.59 Å². The van der Waals surface area contributed by atoms with Crippen molar-refractivity contribution in [1.82, 2.24) is 10.6 Å². The molecule has 0 aromatic heterocycles. The average Bonchev–Trinajstić information content (AvgIpc) is 2.70. The van der Waals surface area contributed by atoms with E-state index in [1.807, 2.05) is 0 Å². The molecule has 0 radical (unpaired) electrons. The van der Waals surface area contributed by atoms with Gasteiger partial charge in [-0.15, -0.1) is 0 Å². The molecule has 1 saturated carbocycles. The lowest BCUT2D eigenvalue weighted by Gasteiger charge is -2.33. The molecule has 2 amide bonds. The van der Waals surface area contributed by atoms with Gasteiger partial charge in [-0.1, -0.05) is 13.8 Å². The lowest BCUT2D eigenvalue weighted by atomic mass is 9.79. The molecule has 1 saturated heterocycles. The fourth-order valence-corrected chi connectivity index (χ4v) is 2.79. The van der Waals surface area contributed by atoms with Crippen LogP contribution in [0.2, 0.25) is 0 Å². The van der Waals surface area contributed by atoms with Crippen LogP contribution in [0.25, 0.3) is 0 Å². The molecule has 1 aliphatic heterocycles. The second kappa shape index (κ2) is 5.07. The Bertz CT molecular complexity index is 317. The minimum Gasteiger partial charge on any atom is -0.355 e. The van der Waals surface area contributed by atoms with Gasteiger partial charge < -0.3 is 10.6 Å². The molecule has 2 aliphatic rings. The third-order valence-corrected chi connectivity index (χ3v) is 4.29. The maximum Gasteiger partial charge on any atom is 0.225 e. The number of carbonyl (C=O) groups is 2. The highest BCUT2D eigenvalue weighted by atomic mass is 16.2. The fraction of sp³-hybridized carbons (Fsp3) is 0.846. The second-order valence-corrected chi connectivity index (χ2v) is 5.68. The Hall–Kier alpha value is -1.06. The third kappa shape index (κ3) is 2.99. The van der Waals surface area contributed by atoms with Crippen LogP contribution in [0.15, 0.2) is 0 Å². The Morgan fingerprint density at radius 3 is 2.65 bits per heavy atom. The van der Waals surface area contributed by atoms with Crippen LogP contribution in [0.1, 0.15) is 39.5 Å². The minimum atomic E-state index is -0.155. The molecule has 0 aromatic carbocycles. The van der Waals surface area contributed by atoms with Crippen molar-refractivity contribution in [3.8, 4) is 0 Å². The van der Waals surface area contributed by atoms with Crippen molar-refractivity contribution < 1.29 is 9.59 Å². The molecule has 2 N–H and O–H groups in total. The van der Waals surface area contributed by atoms with Gasteiger partial charge in [0.25, 0.3) is 0 Å². The van der Waals surface area contributed by atoms with E-state index >= 15 is 0 Å². The lowest BCUT2D eigenvalue weighted by molar-refractivity contribution is -0.127. The topological polar surface area (TPSA) is 58.2 Å². The van der Waals surface area contributed by atoms with Gasteiger partial charge in [0.05, 0.1) is 5.92 Å². The Labute approximate surface area is 103 Å². The van der Waals surface area contributed by atoms with Crippen LogP contribution in [0.4, 0.5) is 0 Å². The smallest absolute Gasteiger partial charge is 0.225 e. The molecule has 4 nitrogen and oxygen atoms in total. The van der Waals surface area contributed by atoms with Gasteiger partial charge in [0.15, 0.2) is 0 Å². The van der Waals surface area contributed by atoms with Gasteiger partial charge in [-0.05, 0) is 31.1 Å². The number of hydrogen-bond acceptors (Lipinski definition) is 2. The maximum atomic E-state index is 11.9. The monoisotopic (exact) mass is 238 g/mol. The largest absolute Gasteiger partial charge is 0.355 e. The van der Waals surface area contributed by atoms with Crippen LogP contribution >= 0.6 is 0 Å². The van der Waals surface area contributed by atoms with Gasteiger partial charge in [0.2, 0.25) is 11.8 Å². The predicted octanol–water partition coefficient (Wildman–Crippen LogP) is 1.06. The maximum absolute atomic E-state index is 11.9. The predicted molar refractivity (Wildman–Crippen MR) is 65.2 cm³/mol. The summed E-state index contributed by atoms with van der Waals surface area (Å²) in [5.74, 6) is 1.33. The van der Waals surface area contributed by atoms with Gasteiger partial charge in [-0.3, -0.25) is 9.59 Å². The lowest BCUT2D eigenvalue weighted by Crippen LogP contribution is -2.43. The first kappa shape index (κ1) is 12.4. The van der Waals surface area contributed by atoms with Crippen molar-refractivity contribution in [2.45, 2.75) is 45.6 Å². The van der Waals surface area contributed by atoms with E-state index in [0.717, 1.165) is 18.8 Å². The van der Waals surface area contributed by atoms with Crippen molar-refractivity contribution in [3.05, 3.63) is 0 Å². The van der Waals surface area contributed by atoms with Crippen LogP contribution in [0, 0.1) is 17.8 Å². The first-order chi connectivity index (χ1) is 8.06. The first-order valence-corrected chi connectivity index (χ1v) is 6.63. The van der Waals surface area contributed by atoms with Gasteiger partial charge in [0, 0.05) is 19.0 Å². The zero-order valence-electron chi connectivity index (χ0n) is 10.7. The second-order valence-electron chi connectivity index (χ2n) is 5.68. The van der Waals surface area contributed by atoms with E-state index in [1.165, 1.54) is 6.42 Å². The van der Waals surface area contributed by atoms with E-state index in [9.17, 15) is 9.59 Å². The quantitative estimate of drug-likeness (QED) is 0.756. The molecule has 96 valence electrons. The van der Waals surface area contributed by atoms with Crippen LogP contribution in [-0.4, -0.2) is 24.4 Å². The van der Waals surface area contributed by atoms with E-state index in [4.69, 9.17) is 0 Å². The molecule has 4 unspecified atom stereocenters. The minimum absolute atomic E-state index is 0.00390. The Morgan fingerprint density at radius 1 is 1.29 bits per heavy atom. The SMILES string of the molecule is CC1CCC(NC(=O)C2CNC(=O)C2)CC1C. The summed E-state index contributed by atoms with van der Waals surface area (Å²) in [6.45, 7) is 5.04. The summed E-state index contributed by atoms with van der Waals surface area (Å²) in [5, 5.41) is 5.80. The summed E-state index contributed by atoms with van der Waals surface area (Å²) in [6.07, 6.45) is 3.69. The zero-order valence-corrected chi connectivity index (χ0v) is 10.7. The van der Waals surface area contributed by atoms with Crippen molar-refractivity contribution in [1.29, 1.82) is 0 Å². The first-order valence-electron chi connectivity index (χ1n) is 6.63. The summed E-state index contributed by atoms with van der Waals surface area (Å²) in [6, 6.07) is 0.310. The average molecular weight is 238 g/mol. The molecule has 0 spiro atoms. The molecule has 4 heteroatoms. The normalized spacial score (nSPS) is 37.6. The van der Waals surface area contributed by atoms with Crippen LogP contribution < -0.4 is 10.6 Å². The number of rotatable bonds is 2. The molecule has 1 heterocycles. The summed E-state index contributed by atoms with van der Waals surface area (Å²) < 4.78 is 0. The summed E-state index contributed by atoms with van der Waals surface area (Å²) in [7, 11) is 0. The van der Waals surface area contributed by atoms with E-state index in [1.54, 1.807) is 0 Å². The van der Waals surface area contributed by atoms with E-state index in [2.05, 4.69) is 24.5 Å². The van der Waals surface area contributed by atoms with Gasteiger partial charge in [0.1, 0.15) is 0 Å². The van der Waals surface area contributed by atoms with E-state index < -0.39 is 0 Å². The Morgan fingerprint density at radius 2 is 2.06 bits per heavy atom. The highest BCUT2D eigenvalue weighted by Crippen LogP contribution is 2.29. The van der Waals surface area contributed by atoms with Crippen molar-refractivity contribution in [2.24, 2.45) is 17.8 Å².